The normalized spacial score (nSPS) is 17.5. The van der Waals surface area contributed by atoms with Crippen molar-refractivity contribution in [3.05, 3.63) is 51.7 Å². The number of nitrogens with zero attached hydrogens (tertiary/aromatic N) is 2. The van der Waals surface area contributed by atoms with E-state index in [1.807, 2.05) is 24.3 Å². The first-order valence-corrected chi connectivity index (χ1v) is 8.23. The molecule has 0 radical (unpaired) electrons. The van der Waals surface area contributed by atoms with Gasteiger partial charge < -0.3 is 10.5 Å². The van der Waals surface area contributed by atoms with Crippen LogP contribution in [-0.2, 0) is 0 Å². The molecule has 0 spiro atoms. The summed E-state index contributed by atoms with van der Waals surface area (Å²) >= 11 is 6.89. The number of hydrogen-bond acceptors (Lipinski definition) is 4. The van der Waals surface area contributed by atoms with Crippen molar-refractivity contribution in [1.82, 2.24) is 5.01 Å². The number of nitrogens with two attached hydrogens (primary N) is 1. The van der Waals surface area contributed by atoms with Gasteiger partial charge in [-0.3, -0.25) is 0 Å². The highest BCUT2D eigenvalue weighted by Gasteiger charge is 2.32. The maximum absolute atomic E-state index is 5.87. The highest BCUT2D eigenvalue weighted by molar-refractivity contribution is 7.80. The Labute approximate surface area is 139 Å². The Balaban J connectivity index is 1.92. The van der Waals surface area contributed by atoms with Gasteiger partial charge in [0.15, 0.2) is 5.11 Å². The third-order valence-electron chi connectivity index (χ3n) is 3.76. The molecule has 1 aromatic heterocycles. The van der Waals surface area contributed by atoms with E-state index in [2.05, 4.69) is 23.5 Å². The Hall–Kier alpha value is -1.92. The van der Waals surface area contributed by atoms with E-state index >= 15 is 0 Å². The maximum atomic E-state index is 5.87. The zero-order valence-electron chi connectivity index (χ0n) is 12.4. The van der Waals surface area contributed by atoms with E-state index in [4.69, 9.17) is 22.7 Å². The van der Waals surface area contributed by atoms with Crippen molar-refractivity contribution < 1.29 is 4.74 Å². The Morgan fingerprint density at radius 2 is 2.09 bits per heavy atom. The Morgan fingerprint density at radius 3 is 2.64 bits per heavy atom. The zero-order chi connectivity index (χ0) is 15.7. The van der Waals surface area contributed by atoms with Crippen LogP contribution in [0.15, 0.2) is 40.8 Å². The molecular formula is C16H17N3OS2. The van der Waals surface area contributed by atoms with Crippen LogP contribution in [0.1, 0.15) is 28.5 Å². The van der Waals surface area contributed by atoms with Crippen molar-refractivity contribution in [2.75, 3.05) is 7.11 Å². The number of benzene rings is 1. The average molecular weight is 331 g/mol. The Kier molecular flexibility index (Phi) is 4.13. The average Bonchev–Trinajstić information content (AvgIpc) is 3.13. The van der Waals surface area contributed by atoms with E-state index in [0.29, 0.717) is 5.11 Å². The van der Waals surface area contributed by atoms with E-state index in [1.54, 1.807) is 23.5 Å². The van der Waals surface area contributed by atoms with Gasteiger partial charge in [0.2, 0.25) is 0 Å². The summed E-state index contributed by atoms with van der Waals surface area (Å²) in [6.45, 7) is 2.11. The minimum atomic E-state index is 0.0922. The molecule has 0 saturated carbocycles. The number of hydrogen-bond donors (Lipinski definition) is 1. The molecule has 1 aromatic carbocycles. The third-order valence-corrected chi connectivity index (χ3v) is 5.07. The number of methoxy groups -OCH3 is 1. The van der Waals surface area contributed by atoms with Crippen molar-refractivity contribution in [2.24, 2.45) is 10.8 Å². The van der Waals surface area contributed by atoms with Gasteiger partial charge in [0, 0.05) is 11.3 Å². The Bertz CT molecular complexity index is 721. The van der Waals surface area contributed by atoms with Gasteiger partial charge in [-0.05, 0) is 66.0 Å². The lowest BCUT2D eigenvalue weighted by Gasteiger charge is -2.21. The summed E-state index contributed by atoms with van der Waals surface area (Å²) in [7, 11) is 1.66. The molecule has 0 bridgehead atoms. The fourth-order valence-corrected chi connectivity index (χ4v) is 3.78. The van der Waals surface area contributed by atoms with Crippen LogP contribution in [0.5, 0.6) is 5.75 Å². The molecule has 2 N–H and O–H groups in total. The van der Waals surface area contributed by atoms with Gasteiger partial charge in [-0.2, -0.15) is 5.10 Å². The summed E-state index contributed by atoms with van der Waals surface area (Å²) in [5.41, 5.74) is 9.18. The number of ether oxygens (including phenoxy) is 1. The van der Waals surface area contributed by atoms with Crippen molar-refractivity contribution in [3.63, 3.8) is 0 Å². The summed E-state index contributed by atoms with van der Waals surface area (Å²) in [5, 5.41) is 8.80. The molecule has 0 fully saturated rings. The topological polar surface area (TPSA) is 50.8 Å². The van der Waals surface area contributed by atoms with Crippen molar-refractivity contribution in [1.29, 1.82) is 0 Å². The maximum Gasteiger partial charge on any atom is 0.187 e. The molecule has 1 atom stereocenters. The van der Waals surface area contributed by atoms with Crippen LogP contribution in [0.2, 0.25) is 0 Å². The second-order valence-corrected chi connectivity index (χ2v) is 6.51. The van der Waals surface area contributed by atoms with Crippen LogP contribution in [-0.4, -0.2) is 22.9 Å². The number of hydrazone groups is 1. The minimum absolute atomic E-state index is 0.0922. The van der Waals surface area contributed by atoms with E-state index in [1.165, 1.54) is 10.4 Å². The number of rotatable bonds is 3. The molecule has 114 valence electrons. The van der Waals surface area contributed by atoms with Crippen molar-refractivity contribution in [3.8, 4) is 5.75 Å². The molecule has 2 aromatic rings. The summed E-state index contributed by atoms with van der Waals surface area (Å²) < 4.78 is 5.20. The second kappa shape index (κ2) is 6.06. The van der Waals surface area contributed by atoms with Gasteiger partial charge in [0.25, 0.3) is 0 Å². The number of aryl methyl sites for hydroxylation is 1. The van der Waals surface area contributed by atoms with Crippen molar-refractivity contribution in [2.45, 2.75) is 19.4 Å². The fourth-order valence-electron chi connectivity index (χ4n) is 2.60. The first kappa shape index (κ1) is 15.0. The monoisotopic (exact) mass is 331 g/mol. The lowest BCUT2D eigenvalue weighted by molar-refractivity contribution is 0.377. The van der Waals surface area contributed by atoms with Crippen LogP contribution in [0.3, 0.4) is 0 Å². The molecule has 3 rings (SSSR count). The smallest absolute Gasteiger partial charge is 0.187 e. The molecule has 6 heteroatoms. The molecule has 22 heavy (non-hydrogen) atoms. The SMILES string of the molecule is COc1ccc(C2=NN(C(N)=S)C(c3sccc3C)C2)cc1. The number of thiocarbonyl (C=S) groups is 1. The standard InChI is InChI=1S/C16H17N3OS2/c1-10-7-8-22-15(10)14-9-13(18-19(14)16(17)21)11-3-5-12(20-2)6-4-11/h3-8,14H,9H2,1-2H3,(H2,17,21). The fraction of sp³-hybridized carbons (Fsp3) is 0.250. The molecule has 0 amide bonds. The largest absolute Gasteiger partial charge is 0.497 e. The summed E-state index contributed by atoms with van der Waals surface area (Å²) in [6.07, 6.45) is 0.797. The highest BCUT2D eigenvalue weighted by atomic mass is 32.1. The summed E-state index contributed by atoms with van der Waals surface area (Å²) in [5.74, 6) is 0.833. The van der Waals surface area contributed by atoms with Crippen LogP contribution in [0.4, 0.5) is 0 Å². The predicted octanol–water partition coefficient (Wildman–Crippen LogP) is 3.46. The van der Waals surface area contributed by atoms with Gasteiger partial charge in [-0.25, -0.2) is 5.01 Å². The molecular weight excluding hydrogens is 314 g/mol. The number of thiophene rings is 1. The molecule has 1 aliphatic rings. The lowest BCUT2D eigenvalue weighted by Crippen LogP contribution is -2.31. The minimum Gasteiger partial charge on any atom is -0.497 e. The highest BCUT2D eigenvalue weighted by Crippen LogP contribution is 2.37. The van der Waals surface area contributed by atoms with Crippen LogP contribution in [0, 0.1) is 6.92 Å². The zero-order valence-corrected chi connectivity index (χ0v) is 14.1. The van der Waals surface area contributed by atoms with E-state index in [-0.39, 0.29) is 6.04 Å². The summed E-state index contributed by atoms with van der Waals surface area (Å²) in [4.78, 5) is 1.26. The molecule has 4 nitrogen and oxygen atoms in total. The second-order valence-electron chi connectivity index (χ2n) is 5.15. The molecule has 1 aliphatic heterocycles. The summed E-state index contributed by atoms with van der Waals surface area (Å²) in [6, 6.07) is 10.1. The third kappa shape index (κ3) is 2.71. The molecule has 1 unspecified atom stereocenters. The van der Waals surface area contributed by atoms with Gasteiger partial charge in [0.05, 0.1) is 18.9 Å². The van der Waals surface area contributed by atoms with E-state index in [0.717, 1.165) is 23.4 Å². The van der Waals surface area contributed by atoms with Gasteiger partial charge in [0.1, 0.15) is 5.75 Å². The lowest BCUT2D eigenvalue weighted by atomic mass is 10.0. The van der Waals surface area contributed by atoms with Gasteiger partial charge >= 0.3 is 0 Å². The molecule has 0 aliphatic carbocycles. The van der Waals surface area contributed by atoms with Gasteiger partial charge in [-0.1, -0.05) is 0 Å². The predicted molar refractivity (Wildman–Crippen MR) is 94.6 cm³/mol. The first-order chi connectivity index (χ1) is 10.6. The van der Waals surface area contributed by atoms with Crippen LogP contribution >= 0.6 is 23.6 Å². The quantitative estimate of drug-likeness (QED) is 0.875. The van der Waals surface area contributed by atoms with Gasteiger partial charge in [-0.15, -0.1) is 11.3 Å². The van der Waals surface area contributed by atoms with E-state index < -0.39 is 0 Å². The van der Waals surface area contributed by atoms with Crippen LogP contribution in [0.25, 0.3) is 0 Å². The first-order valence-electron chi connectivity index (χ1n) is 6.94. The van der Waals surface area contributed by atoms with Crippen LogP contribution < -0.4 is 10.5 Å². The molecule has 2 heterocycles. The Morgan fingerprint density at radius 1 is 1.36 bits per heavy atom. The van der Waals surface area contributed by atoms with E-state index in [9.17, 15) is 0 Å². The molecule has 0 saturated heterocycles. The van der Waals surface area contributed by atoms with Crippen molar-refractivity contribution >= 4 is 34.4 Å².